The van der Waals surface area contributed by atoms with Crippen molar-refractivity contribution in [2.24, 2.45) is 5.92 Å². The molecule has 5 nitrogen and oxygen atoms in total. The van der Waals surface area contributed by atoms with E-state index in [1.165, 1.54) is 6.07 Å². The molecule has 30 heavy (non-hydrogen) atoms. The van der Waals surface area contributed by atoms with Gasteiger partial charge in [0.15, 0.2) is 0 Å². The molecule has 2 saturated heterocycles. The number of halogens is 2. The standard InChI is InChI=1S/C23H25ClFN3O2/c24-19-7-4-8-20(25)18(19)15-28-13-10-17(11-14-28)23(21(29)26-22(30)27-23)12-9-16-5-2-1-3-6-16/h1-8,17H,9-15H2,(H2,26,27,29,30). The fraction of sp³-hybridized carbons (Fsp3) is 0.391. The fourth-order valence-electron chi connectivity index (χ4n) is 4.65. The van der Waals surface area contributed by atoms with Crippen LogP contribution < -0.4 is 10.6 Å². The van der Waals surface area contributed by atoms with Gasteiger partial charge >= 0.3 is 6.03 Å². The Morgan fingerprint density at radius 1 is 1.07 bits per heavy atom. The normalized spacial score (nSPS) is 22.7. The number of imide groups is 1. The van der Waals surface area contributed by atoms with Crippen molar-refractivity contribution < 1.29 is 14.0 Å². The first kappa shape index (κ1) is 20.8. The van der Waals surface area contributed by atoms with Crippen LogP contribution in [0.15, 0.2) is 48.5 Å². The lowest BCUT2D eigenvalue weighted by Crippen LogP contribution is -2.56. The zero-order valence-electron chi connectivity index (χ0n) is 16.7. The number of aryl methyl sites for hydroxylation is 1. The van der Waals surface area contributed by atoms with Crippen LogP contribution in [0.2, 0.25) is 5.02 Å². The molecule has 0 radical (unpaired) electrons. The van der Waals surface area contributed by atoms with Gasteiger partial charge in [0.05, 0.1) is 0 Å². The second-order valence-corrected chi connectivity index (χ2v) is 8.52. The molecular formula is C23H25ClFN3O2. The monoisotopic (exact) mass is 429 g/mol. The summed E-state index contributed by atoms with van der Waals surface area (Å²) in [6.07, 6.45) is 2.75. The number of hydrogen-bond acceptors (Lipinski definition) is 3. The van der Waals surface area contributed by atoms with Crippen LogP contribution in [0.3, 0.4) is 0 Å². The van der Waals surface area contributed by atoms with E-state index in [2.05, 4.69) is 15.5 Å². The predicted molar refractivity (Wildman–Crippen MR) is 114 cm³/mol. The van der Waals surface area contributed by atoms with E-state index in [4.69, 9.17) is 11.6 Å². The highest BCUT2D eigenvalue weighted by atomic mass is 35.5. The van der Waals surface area contributed by atoms with Crippen molar-refractivity contribution in [2.45, 2.75) is 37.8 Å². The number of urea groups is 1. The number of likely N-dealkylation sites (tertiary alicyclic amines) is 1. The molecule has 2 aromatic rings. The Kier molecular flexibility index (Phi) is 6.06. The molecule has 2 aliphatic rings. The number of hydrogen-bond donors (Lipinski definition) is 2. The smallest absolute Gasteiger partial charge is 0.322 e. The maximum absolute atomic E-state index is 14.1. The third-order valence-electron chi connectivity index (χ3n) is 6.35. The van der Waals surface area contributed by atoms with E-state index in [1.807, 2.05) is 30.3 Å². The van der Waals surface area contributed by atoms with Gasteiger partial charge in [-0.15, -0.1) is 0 Å². The van der Waals surface area contributed by atoms with E-state index in [0.29, 0.717) is 43.1 Å². The van der Waals surface area contributed by atoms with Gasteiger partial charge in [-0.2, -0.15) is 0 Å². The first-order chi connectivity index (χ1) is 14.5. The van der Waals surface area contributed by atoms with Gasteiger partial charge in [0.1, 0.15) is 11.4 Å². The molecule has 7 heteroatoms. The summed E-state index contributed by atoms with van der Waals surface area (Å²) in [5.74, 6) is -0.509. The van der Waals surface area contributed by atoms with E-state index >= 15 is 0 Å². The Labute approximate surface area is 180 Å². The number of amides is 3. The molecule has 3 amide bonds. The van der Waals surface area contributed by atoms with Crippen LogP contribution in [0.25, 0.3) is 0 Å². The van der Waals surface area contributed by atoms with Gasteiger partial charge in [0, 0.05) is 17.1 Å². The van der Waals surface area contributed by atoms with Gasteiger partial charge in [0.25, 0.3) is 5.91 Å². The topological polar surface area (TPSA) is 61.4 Å². The predicted octanol–water partition coefficient (Wildman–Crippen LogP) is 3.90. The Hall–Kier alpha value is -2.44. The Morgan fingerprint density at radius 2 is 1.80 bits per heavy atom. The molecule has 0 saturated carbocycles. The van der Waals surface area contributed by atoms with Crippen LogP contribution in [0, 0.1) is 11.7 Å². The summed E-state index contributed by atoms with van der Waals surface area (Å²) in [5.41, 5.74) is 0.745. The van der Waals surface area contributed by atoms with Crippen molar-refractivity contribution in [3.63, 3.8) is 0 Å². The van der Waals surface area contributed by atoms with Gasteiger partial charge in [-0.05, 0) is 62.4 Å². The summed E-state index contributed by atoms with van der Waals surface area (Å²) in [6, 6.07) is 14.3. The van der Waals surface area contributed by atoms with Crippen LogP contribution >= 0.6 is 11.6 Å². The van der Waals surface area contributed by atoms with Crippen molar-refractivity contribution in [3.05, 3.63) is 70.5 Å². The van der Waals surface area contributed by atoms with Crippen molar-refractivity contribution in [1.82, 2.24) is 15.5 Å². The summed E-state index contributed by atoms with van der Waals surface area (Å²) in [6.45, 7) is 1.87. The second kappa shape index (κ2) is 8.74. The average Bonchev–Trinajstić information content (AvgIpc) is 3.04. The number of benzene rings is 2. The molecule has 0 aromatic heterocycles. The minimum absolute atomic E-state index is 0.0278. The zero-order chi connectivity index (χ0) is 21.1. The average molecular weight is 430 g/mol. The lowest BCUT2D eigenvalue weighted by atomic mass is 9.74. The maximum atomic E-state index is 14.1. The van der Waals surface area contributed by atoms with Gasteiger partial charge in [0.2, 0.25) is 0 Å². The first-order valence-electron chi connectivity index (χ1n) is 10.3. The lowest BCUT2D eigenvalue weighted by Gasteiger charge is -2.41. The van der Waals surface area contributed by atoms with E-state index < -0.39 is 11.6 Å². The lowest BCUT2D eigenvalue weighted by molar-refractivity contribution is -0.127. The fourth-order valence-corrected chi connectivity index (χ4v) is 4.87. The van der Waals surface area contributed by atoms with Gasteiger partial charge in [-0.3, -0.25) is 15.0 Å². The largest absolute Gasteiger partial charge is 0.323 e. The van der Waals surface area contributed by atoms with Crippen LogP contribution in [-0.4, -0.2) is 35.5 Å². The van der Waals surface area contributed by atoms with Crippen molar-refractivity contribution in [2.75, 3.05) is 13.1 Å². The summed E-state index contributed by atoms with van der Waals surface area (Å²) in [5, 5.41) is 5.81. The van der Waals surface area contributed by atoms with Gasteiger partial charge < -0.3 is 5.32 Å². The molecule has 1 unspecified atom stereocenters. The third kappa shape index (κ3) is 4.20. The summed E-state index contributed by atoms with van der Waals surface area (Å²) in [7, 11) is 0. The Morgan fingerprint density at radius 3 is 2.43 bits per heavy atom. The molecule has 2 aliphatic heterocycles. The molecule has 0 aliphatic carbocycles. The van der Waals surface area contributed by atoms with E-state index in [0.717, 1.165) is 18.4 Å². The molecule has 0 spiro atoms. The van der Waals surface area contributed by atoms with E-state index in [-0.39, 0.29) is 17.6 Å². The molecule has 2 aromatic carbocycles. The van der Waals surface area contributed by atoms with Crippen molar-refractivity contribution in [1.29, 1.82) is 0 Å². The van der Waals surface area contributed by atoms with Crippen LogP contribution in [0.4, 0.5) is 9.18 Å². The minimum atomic E-state index is -0.894. The second-order valence-electron chi connectivity index (χ2n) is 8.12. The molecule has 2 heterocycles. The number of carbonyl (C=O) groups is 2. The summed E-state index contributed by atoms with van der Waals surface area (Å²) < 4.78 is 14.1. The molecule has 2 N–H and O–H groups in total. The molecule has 4 rings (SSSR count). The van der Waals surface area contributed by atoms with Crippen LogP contribution in [0.5, 0.6) is 0 Å². The van der Waals surface area contributed by atoms with Crippen LogP contribution in [0.1, 0.15) is 30.4 Å². The van der Waals surface area contributed by atoms with Gasteiger partial charge in [-0.25, -0.2) is 9.18 Å². The number of nitrogens with zero attached hydrogens (tertiary/aromatic N) is 1. The van der Waals surface area contributed by atoms with Crippen molar-refractivity contribution >= 4 is 23.5 Å². The highest BCUT2D eigenvalue weighted by Crippen LogP contribution is 2.35. The third-order valence-corrected chi connectivity index (χ3v) is 6.70. The van der Waals surface area contributed by atoms with E-state index in [9.17, 15) is 14.0 Å². The number of nitrogens with one attached hydrogen (secondary N) is 2. The number of rotatable bonds is 6. The van der Waals surface area contributed by atoms with Gasteiger partial charge in [-0.1, -0.05) is 48.0 Å². The SMILES string of the molecule is O=C1NC(=O)C(CCc2ccccc2)(C2CCN(Cc3c(F)cccc3Cl)CC2)N1. The zero-order valence-corrected chi connectivity index (χ0v) is 17.4. The summed E-state index contributed by atoms with van der Waals surface area (Å²) in [4.78, 5) is 27.0. The number of piperidine rings is 1. The van der Waals surface area contributed by atoms with Crippen molar-refractivity contribution in [3.8, 4) is 0 Å². The molecule has 1 atom stereocenters. The molecule has 2 fully saturated rings. The minimum Gasteiger partial charge on any atom is -0.323 e. The molecule has 158 valence electrons. The van der Waals surface area contributed by atoms with Crippen LogP contribution in [-0.2, 0) is 17.8 Å². The highest BCUT2D eigenvalue weighted by Gasteiger charge is 2.51. The Bertz CT molecular complexity index is 911. The summed E-state index contributed by atoms with van der Waals surface area (Å²) >= 11 is 6.17. The maximum Gasteiger partial charge on any atom is 0.322 e. The first-order valence-corrected chi connectivity index (χ1v) is 10.7. The molecule has 0 bridgehead atoms. The quantitative estimate of drug-likeness (QED) is 0.684. The van der Waals surface area contributed by atoms with E-state index in [1.54, 1.807) is 12.1 Å². The number of carbonyl (C=O) groups excluding carboxylic acids is 2. The Balaban J connectivity index is 1.44. The molecular weight excluding hydrogens is 405 g/mol. The highest BCUT2D eigenvalue weighted by molar-refractivity contribution is 6.31.